The molecule has 3 heteroatoms. The van der Waals surface area contributed by atoms with E-state index in [1.165, 1.54) is 70.6 Å². The zero-order chi connectivity index (χ0) is 15.9. The lowest BCUT2D eigenvalue weighted by Gasteiger charge is -2.24. The van der Waals surface area contributed by atoms with Crippen molar-refractivity contribution in [1.29, 1.82) is 0 Å². The molecule has 128 valence electrons. The lowest BCUT2D eigenvalue weighted by Crippen LogP contribution is -2.37. The Labute approximate surface area is 138 Å². The maximum Gasteiger partial charge on any atom is 0.0981 e. The van der Waals surface area contributed by atoms with E-state index in [0.29, 0.717) is 6.17 Å². The van der Waals surface area contributed by atoms with Crippen molar-refractivity contribution in [1.82, 2.24) is 10.2 Å². The van der Waals surface area contributed by atoms with Crippen LogP contribution in [0.5, 0.6) is 0 Å². The molecule has 1 rings (SSSR count). The molecule has 0 saturated carbocycles. The quantitative estimate of drug-likeness (QED) is 0.366. The minimum absolute atomic E-state index is 0.468. The average Bonchev–Trinajstić information content (AvgIpc) is 2.96. The van der Waals surface area contributed by atoms with E-state index >= 15 is 0 Å². The number of nitrogens with one attached hydrogen (secondary N) is 1. The second-order valence-electron chi connectivity index (χ2n) is 6.34. The Morgan fingerprint density at radius 1 is 1.00 bits per heavy atom. The topological polar surface area (TPSA) is 41.3 Å². The molecule has 1 heterocycles. The fraction of sp³-hybridized carbons (Fsp3) is 0.789. The van der Waals surface area contributed by atoms with E-state index in [4.69, 9.17) is 5.73 Å². The van der Waals surface area contributed by atoms with Gasteiger partial charge < -0.3 is 16.0 Å². The number of nitrogens with zero attached hydrogens (tertiary/aromatic N) is 1. The van der Waals surface area contributed by atoms with Crippen LogP contribution in [0.15, 0.2) is 24.6 Å². The predicted octanol–water partition coefficient (Wildman–Crippen LogP) is 4.51. The van der Waals surface area contributed by atoms with Gasteiger partial charge >= 0.3 is 0 Å². The monoisotopic (exact) mass is 307 g/mol. The Hall–Kier alpha value is -0.960. The first-order valence-electron chi connectivity index (χ1n) is 9.42. The highest BCUT2D eigenvalue weighted by atomic mass is 15.3. The third kappa shape index (κ3) is 9.14. The smallest absolute Gasteiger partial charge is 0.0981 e. The molecule has 0 aromatic rings. The number of unbranched alkanes of at least 4 members (excludes halogenated alkanes) is 8. The number of hydrogen-bond acceptors (Lipinski definition) is 3. The third-order valence-corrected chi connectivity index (χ3v) is 4.33. The summed E-state index contributed by atoms with van der Waals surface area (Å²) in [5, 5.41) is 3.40. The van der Waals surface area contributed by atoms with Crippen molar-refractivity contribution >= 4 is 0 Å². The first kappa shape index (κ1) is 19.1. The van der Waals surface area contributed by atoms with Crippen LogP contribution in [0.4, 0.5) is 0 Å². The first-order valence-corrected chi connectivity index (χ1v) is 9.42. The van der Waals surface area contributed by atoms with Gasteiger partial charge in [0.25, 0.3) is 0 Å². The van der Waals surface area contributed by atoms with E-state index in [1.54, 1.807) is 0 Å². The summed E-state index contributed by atoms with van der Waals surface area (Å²) < 4.78 is 0. The molecule has 0 fully saturated rings. The number of allylic oxidation sites excluding steroid dienone is 2. The van der Waals surface area contributed by atoms with Crippen molar-refractivity contribution in [2.75, 3.05) is 13.1 Å². The largest absolute Gasteiger partial charge is 0.370 e. The van der Waals surface area contributed by atoms with Crippen LogP contribution in [-0.4, -0.2) is 24.2 Å². The highest BCUT2D eigenvalue weighted by Gasteiger charge is 2.16. The van der Waals surface area contributed by atoms with Crippen LogP contribution in [0, 0.1) is 0 Å². The molecule has 1 aliphatic heterocycles. The van der Waals surface area contributed by atoms with Crippen LogP contribution in [-0.2, 0) is 0 Å². The first-order chi connectivity index (χ1) is 10.9. The summed E-state index contributed by atoms with van der Waals surface area (Å²) in [6.45, 7) is 3.95. The van der Waals surface area contributed by atoms with Crippen molar-refractivity contribution in [3.05, 3.63) is 24.6 Å². The normalized spacial score (nSPS) is 17.5. The van der Waals surface area contributed by atoms with E-state index in [1.807, 2.05) is 6.20 Å². The molecule has 0 aromatic heterocycles. The molecule has 0 spiro atoms. The maximum atomic E-state index is 5.63. The molecule has 1 unspecified atom stereocenters. The summed E-state index contributed by atoms with van der Waals surface area (Å²) >= 11 is 0. The molecule has 3 N–H and O–H groups in total. The molecule has 22 heavy (non-hydrogen) atoms. The van der Waals surface area contributed by atoms with Gasteiger partial charge in [-0.25, -0.2) is 0 Å². The van der Waals surface area contributed by atoms with E-state index in [0.717, 1.165) is 13.1 Å². The summed E-state index contributed by atoms with van der Waals surface area (Å²) in [6.07, 6.45) is 24.0. The molecular formula is C19H37N3. The molecule has 0 bridgehead atoms. The Morgan fingerprint density at radius 3 is 2.41 bits per heavy atom. The van der Waals surface area contributed by atoms with Crippen molar-refractivity contribution in [2.24, 2.45) is 5.73 Å². The molecule has 0 radical (unpaired) electrons. The van der Waals surface area contributed by atoms with Crippen LogP contribution in [0.25, 0.3) is 0 Å². The van der Waals surface area contributed by atoms with Gasteiger partial charge in [-0.2, -0.15) is 0 Å². The van der Waals surface area contributed by atoms with E-state index in [9.17, 15) is 0 Å². The minimum atomic E-state index is 0.468. The van der Waals surface area contributed by atoms with Gasteiger partial charge in [-0.05, 0) is 38.5 Å². The molecule has 3 nitrogen and oxygen atoms in total. The van der Waals surface area contributed by atoms with Gasteiger partial charge in [-0.15, -0.1) is 0 Å². The van der Waals surface area contributed by atoms with Crippen molar-refractivity contribution < 1.29 is 0 Å². The molecular weight excluding hydrogens is 270 g/mol. The second kappa shape index (κ2) is 13.7. The number of rotatable bonds is 14. The van der Waals surface area contributed by atoms with Gasteiger partial charge in [-0.1, -0.05) is 51.2 Å². The van der Waals surface area contributed by atoms with Gasteiger partial charge in [0.15, 0.2) is 0 Å². The summed E-state index contributed by atoms with van der Waals surface area (Å²) in [7, 11) is 0. The fourth-order valence-electron chi connectivity index (χ4n) is 2.96. The van der Waals surface area contributed by atoms with Gasteiger partial charge in [0, 0.05) is 25.5 Å². The van der Waals surface area contributed by atoms with Crippen LogP contribution in [0.1, 0.15) is 77.6 Å². The summed E-state index contributed by atoms with van der Waals surface area (Å²) in [5.74, 6) is 0. The van der Waals surface area contributed by atoms with Gasteiger partial charge in [0.05, 0.1) is 6.17 Å². The molecule has 1 aliphatic rings. The Bertz CT molecular complexity index is 299. The average molecular weight is 308 g/mol. The van der Waals surface area contributed by atoms with E-state index < -0.39 is 0 Å². The highest BCUT2D eigenvalue weighted by Crippen LogP contribution is 2.13. The van der Waals surface area contributed by atoms with Crippen LogP contribution in [0.2, 0.25) is 0 Å². The van der Waals surface area contributed by atoms with Gasteiger partial charge in [0.1, 0.15) is 0 Å². The van der Waals surface area contributed by atoms with Crippen LogP contribution in [0.3, 0.4) is 0 Å². The van der Waals surface area contributed by atoms with E-state index in [-0.39, 0.29) is 0 Å². The summed E-state index contributed by atoms with van der Waals surface area (Å²) in [6, 6.07) is 0. The van der Waals surface area contributed by atoms with Gasteiger partial charge in [0.2, 0.25) is 0 Å². The predicted molar refractivity (Wildman–Crippen MR) is 97.4 cm³/mol. The zero-order valence-corrected chi connectivity index (χ0v) is 14.6. The van der Waals surface area contributed by atoms with Crippen molar-refractivity contribution in [3.8, 4) is 0 Å². The SMILES string of the molecule is CCCCCCCC/C=C/CCCCC1NC=CN1CCN. The second-order valence-corrected chi connectivity index (χ2v) is 6.34. The van der Waals surface area contributed by atoms with Crippen molar-refractivity contribution in [2.45, 2.75) is 83.7 Å². The number of hydrogen-bond donors (Lipinski definition) is 2. The molecule has 0 saturated heterocycles. The highest BCUT2D eigenvalue weighted by molar-refractivity contribution is 4.94. The fourth-order valence-corrected chi connectivity index (χ4v) is 2.96. The summed E-state index contributed by atoms with van der Waals surface area (Å²) in [4.78, 5) is 2.31. The summed E-state index contributed by atoms with van der Waals surface area (Å²) in [5.41, 5.74) is 5.63. The van der Waals surface area contributed by atoms with Crippen LogP contribution >= 0.6 is 0 Å². The molecule has 0 amide bonds. The lowest BCUT2D eigenvalue weighted by atomic mass is 10.1. The third-order valence-electron chi connectivity index (χ3n) is 4.33. The van der Waals surface area contributed by atoms with Gasteiger partial charge in [-0.3, -0.25) is 0 Å². The Kier molecular flexibility index (Phi) is 11.9. The lowest BCUT2D eigenvalue weighted by molar-refractivity contribution is 0.265. The Balaban J connectivity index is 1.87. The zero-order valence-electron chi connectivity index (χ0n) is 14.6. The maximum absolute atomic E-state index is 5.63. The van der Waals surface area contributed by atoms with Crippen molar-refractivity contribution in [3.63, 3.8) is 0 Å². The standard InChI is InChI=1S/C19H37N3/c1-2-3-4-5-6-7-8-9-10-11-12-13-14-19-21-16-18-22(19)17-15-20/h9-10,16,18-19,21H,2-8,11-15,17,20H2,1H3/b10-9+. The minimum Gasteiger partial charge on any atom is -0.370 e. The molecule has 0 aliphatic carbocycles. The molecule has 0 aromatic carbocycles. The Morgan fingerprint density at radius 2 is 1.68 bits per heavy atom. The number of nitrogens with two attached hydrogens (primary N) is 1. The molecule has 1 atom stereocenters. The van der Waals surface area contributed by atoms with Crippen LogP contribution < -0.4 is 11.1 Å². The van der Waals surface area contributed by atoms with E-state index in [2.05, 4.69) is 35.5 Å².